The Balaban J connectivity index is 0.00000226. The molecule has 214 valence electrons. The highest BCUT2D eigenvalue weighted by atomic mass is 16.5. The van der Waals surface area contributed by atoms with Crippen molar-refractivity contribution in [3.8, 4) is 11.5 Å². The lowest BCUT2D eigenvalue weighted by molar-refractivity contribution is -0.104. The molecule has 0 aliphatic carbocycles. The fraction of sp³-hybridized carbons (Fsp3) is 0.242. The zero-order valence-electron chi connectivity index (χ0n) is 24.4. The van der Waals surface area contributed by atoms with Crippen LogP contribution in [0, 0.1) is 6.92 Å². The highest BCUT2D eigenvalue weighted by Gasteiger charge is 2.16. The van der Waals surface area contributed by atoms with Crippen LogP contribution in [0.2, 0.25) is 0 Å². The van der Waals surface area contributed by atoms with E-state index in [0.29, 0.717) is 49.3 Å². The van der Waals surface area contributed by atoms with Crippen LogP contribution in [-0.4, -0.2) is 44.1 Å². The summed E-state index contributed by atoms with van der Waals surface area (Å²) in [7, 11) is 3.55. The maximum absolute atomic E-state index is 11.7. The van der Waals surface area contributed by atoms with Crippen LogP contribution in [0.1, 0.15) is 30.5 Å². The number of allylic oxidation sites excluding steroid dienone is 1. The zero-order chi connectivity index (χ0) is 29.6. The van der Waals surface area contributed by atoms with E-state index in [9.17, 15) is 4.79 Å². The molecule has 1 saturated heterocycles. The van der Waals surface area contributed by atoms with Crippen molar-refractivity contribution in [3.63, 3.8) is 0 Å². The van der Waals surface area contributed by atoms with Gasteiger partial charge in [-0.25, -0.2) is 9.98 Å². The van der Waals surface area contributed by atoms with E-state index >= 15 is 0 Å². The molecule has 0 aromatic heterocycles. The first-order chi connectivity index (χ1) is 19.9. The van der Waals surface area contributed by atoms with Gasteiger partial charge in [-0.1, -0.05) is 62.4 Å². The topological polar surface area (TPSA) is 84.8 Å². The highest BCUT2D eigenvalue weighted by molar-refractivity contribution is 6.06. The number of ether oxygens (including phenoxy) is 3. The number of benzene rings is 3. The molecule has 3 aromatic carbocycles. The molecule has 8 heteroatoms. The van der Waals surface area contributed by atoms with Crippen LogP contribution < -0.4 is 14.8 Å². The van der Waals surface area contributed by atoms with E-state index in [2.05, 4.69) is 48.1 Å². The first-order valence-corrected chi connectivity index (χ1v) is 13.5. The van der Waals surface area contributed by atoms with Crippen molar-refractivity contribution < 1.29 is 19.0 Å². The average Bonchev–Trinajstić information content (AvgIpc) is 3.44. The molecule has 1 fully saturated rings. The Morgan fingerprint density at radius 3 is 2.22 bits per heavy atom. The number of aliphatic imine (C=N–C) groups is 2. The normalized spacial score (nSPS) is 14.0. The van der Waals surface area contributed by atoms with Crippen molar-refractivity contribution in [2.24, 2.45) is 9.98 Å². The van der Waals surface area contributed by atoms with Gasteiger partial charge in [0.1, 0.15) is 23.9 Å². The third kappa shape index (κ3) is 9.39. The van der Waals surface area contributed by atoms with Crippen molar-refractivity contribution in [3.05, 3.63) is 113 Å². The lowest BCUT2D eigenvalue weighted by Crippen LogP contribution is -2.25. The summed E-state index contributed by atoms with van der Waals surface area (Å²) in [6.07, 6.45) is 2.14. The van der Waals surface area contributed by atoms with Crippen LogP contribution >= 0.6 is 0 Å². The van der Waals surface area contributed by atoms with Gasteiger partial charge in [-0.2, -0.15) is 0 Å². The van der Waals surface area contributed by atoms with Crippen LogP contribution in [0.5, 0.6) is 11.5 Å². The summed E-state index contributed by atoms with van der Waals surface area (Å²) in [5.41, 5.74) is 4.30. The smallest absolute Gasteiger partial charge is 0.225 e. The summed E-state index contributed by atoms with van der Waals surface area (Å²) < 4.78 is 16.6. The molecule has 41 heavy (non-hydrogen) atoms. The number of carbonyl (C=O) groups is 1. The molecule has 0 saturated carbocycles. The number of guanidine groups is 1. The molecule has 4 rings (SSSR count). The summed E-state index contributed by atoms with van der Waals surface area (Å²) >= 11 is 0. The van der Waals surface area contributed by atoms with Crippen LogP contribution in [0.3, 0.4) is 0 Å². The van der Waals surface area contributed by atoms with Gasteiger partial charge >= 0.3 is 0 Å². The third-order valence-corrected chi connectivity index (χ3v) is 5.91. The SMILES string of the molecule is C=C1CN/C(=C(C=O)/C=N\C(=Nc2ccc(OCc3ccc(OC)cc3)cc2)N(C)Cc2ccc(C)cc2)O1.CC. The second kappa shape index (κ2) is 15.7. The Labute approximate surface area is 242 Å². The maximum Gasteiger partial charge on any atom is 0.225 e. The first-order valence-electron chi connectivity index (χ1n) is 13.5. The van der Waals surface area contributed by atoms with E-state index in [4.69, 9.17) is 19.2 Å². The summed E-state index contributed by atoms with van der Waals surface area (Å²) in [4.78, 5) is 23.0. The lowest BCUT2D eigenvalue weighted by atomic mass is 10.1. The molecule has 1 aliphatic rings. The molecule has 0 amide bonds. The van der Waals surface area contributed by atoms with Gasteiger partial charge in [0.05, 0.1) is 24.9 Å². The zero-order valence-corrected chi connectivity index (χ0v) is 24.4. The Hall–Kier alpha value is -4.85. The van der Waals surface area contributed by atoms with Crippen LogP contribution in [-0.2, 0) is 22.7 Å². The molecular formula is C33H38N4O4. The van der Waals surface area contributed by atoms with Crippen molar-refractivity contribution in [2.75, 3.05) is 20.7 Å². The Morgan fingerprint density at radius 1 is 1.00 bits per heavy atom. The van der Waals surface area contributed by atoms with Gasteiger partial charge in [-0.05, 0) is 54.4 Å². The molecule has 0 spiro atoms. The summed E-state index contributed by atoms with van der Waals surface area (Å²) in [6, 6.07) is 23.5. The van der Waals surface area contributed by atoms with Crippen molar-refractivity contribution in [2.45, 2.75) is 33.9 Å². The summed E-state index contributed by atoms with van der Waals surface area (Å²) in [6.45, 7) is 11.3. The van der Waals surface area contributed by atoms with Gasteiger partial charge in [0.2, 0.25) is 11.8 Å². The monoisotopic (exact) mass is 554 g/mol. The summed E-state index contributed by atoms with van der Waals surface area (Å²) in [5, 5.41) is 3.00. The molecule has 3 aromatic rings. The second-order valence-corrected chi connectivity index (χ2v) is 9.04. The Kier molecular flexibility index (Phi) is 11.7. The minimum Gasteiger partial charge on any atom is -0.497 e. The molecule has 0 atom stereocenters. The second-order valence-electron chi connectivity index (χ2n) is 9.04. The molecule has 1 aliphatic heterocycles. The van der Waals surface area contributed by atoms with Crippen LogP contribution in [0.25, 0.3) is 0 Å². The fourth-order valence-electron chi connectivity index (χ4n) is 3.70. The van der Waals surface area contributed by atoms with Crippen molar-refractivity contribution in [1.82, 2.24) is 10.2 Å². The van der Waals surface area contributed by atoms with Crippen LogP contribution in [0.15, 0.2) is 107 Å². The Morgan fingerprint density at radius 2 is 1.63 bits per heavy atom. The Bertz CT molecular complexity index is 1380. The highest BCUT2D eigenvalue weighted by Crippen LogP contribution is 2.21. The molecule has 1 heterocycles. The quantitative estimate of drug-likeness (QED) is 0.144. The minimum absolute atomic E-state index is 0.271. The average molecular weight is 555 g/mol. The predicted octanol–water partition coefficient (Wildman–Crippen LogP) is 6.34. The number of aldehydes is 1. The van der Waals surface area contributed by atoms with Gasteiger partial charge in [0, 0.05) is 19.8 Å². The number of rotatable bonds is 9. The number of hydrogen-bond acceptors (Lipinski definition) is 6. The number of methoxy groups -OCH3 is 1. The fourth-order valence-corrected chi connectivity index (χ4v) is 3.70. The van der Waals surface area contributed by atoms with Gasteiger partial charge in [-0.15, -0.1) is 0 Å². The number of aryl methyl sites for hydroxylation is 1. The number of carbonyl (C=O) groups excluding carboxylic acids is 1. The van der Waals surface area contributed by atoms with E-state index in [1.807, 2.05) is 74.3 Å². The first kappa shape index (κ1) is 30.7. The van der Waals surface area contributed by atoms with Crippen molar-refractivity contribution >= 4 is 24.1 Å². The summed E-state index contributed by atoms with van der Waals surface area (Å²) in [5.74, 6) is 2.83. The number of nitrogens with zero attached hydrogens (tertiary/aromatic N) is 3. The van der Waals surface area contributed by atoms with E-state index in [0.717, 1.165) is 22.6 Å². The van der Waals surface area contributed by atoms with Gasteiger partial charge in [-0.3, -0.25) is 4.79 Å². The van der Waals surface area contributed by atoms with Gasteiger partial charge in [0.15, 0.2) is 6.29 Å². The van der Waals surface area contributed by atoms with E-state index in [1.54, 1.807) is 7.11 Å². The minimum atomic E-state index is 0.271. The lowest BCUT2D eigenvalue weighted by Gasteiger charge is -2.18. The third-order valence-electron chi connectivity index (χ3n) is 5.91. The molecule has 0 bridgehead atoms. The largest absolute Gasteiger partial charge is 0.497 e. The van der Waals surface area contributed by atoms with Gasteiger partial charge in [0.25, 0.3) is 0 Å². The molecule has 0 unspecified atom stereocenters. The molecule has 8 nitrogen and oxygen atoms in total. The van der Waals surface area contributed by atoms with Crippen LogP contribution in [0.4, 0.5) is 5.69 Å². The molecular weight excluding hydrogens is 516 g/mol. The molecule has 0 radical (unpaired) electrons. The number of nitrogens with one attached hydrogen (secondary N) is 1. The predicted molar refractivity (Wildman–Crippen MR) is 165 cm³/mol. The van der Waals surface area contributed by atoms with E-state index in [-0.39, 0.29) is 5.57 Å². The van der Waals surface area contributed by atoms with Crippen molar-refractivity contribution in [1.29, 1.82) is 0 Å². The standard InChI is InChI=1S/C31H32N4O4.C2H6/c1-22-5-7-24(8-6-22)19-35(3)31(33-18-26(20-36)30-32-17-23(2)39-30)34-27-11-15-29(16-12-27)38-21-25-9-13-28(37-4)14-10-25;1-2/h5-16,18,20,32H,2,17,19,21H2,1,3-4H3;1-2H3/b30-26+,33-18-,34-31?;. The van der Waals surface area contributed by atoms with Gasteiger partial charge < -0.3 is 24.4 Å². The maximum atomic E-state index is 11.7. The number of hydrogen-bond donors (Lipinski definition) is 1. The van der Waals surface area contributed by atoms with E-state index in [1.165, 1.54) is 11.8 Å². The van der Waals surface area contributed by atoms with E-state index < -0.39 is 0 Å². The molecule has 1 N–H and O–H groups in total.